The summed E-state index contributed by atoms with van der Waals surface area (Å²) in [4.78, 5) is 25.8. The van der Waals surface area contributed by atoms with Crippen molar-refractivity contribution in [2.75, 3.05) is 44.3 Å². The van der Waals surface area contributed by atoms with Crippen molar-refractivity contribution < 1.29 is 9.53 Å². The van der Waals surface area contributed by atoms with Crippen LogP contribution < -0.4 is 10.2 Å². The number of carbonyl (C=O) groups excluding carboxylic acids is 1. The molecule has 11 heteroatoms. The minimum Gasteiger partial charge on any atom is -0.381 e. The van der Waals surface area contributed by atoms with Crippen molar-refractivity contribution in [2.45, 2.75) is 25.4 Å². The molecule has 11 nitrogen and oxygen atoms in total. The summed E-state index contributed by atoms with van der Waals surface area (Å²) in [6, 6.07) is 6.55. The first-order valence-electron chi connectivity index (χ1n) is 13.4. The molecule has 4 aromatic heterocycles. The third-order valence-corrected chi connectivity index (χ3v) is 7.51. The van der Waals surface area contributed by atoms with Crippen LogP contribution in [0.5, 0.6) is 0 Å². The first-order chi connectivity index (χ1) is 19.1. The number of piperazine rings is 1. The summed E-state index contributed by atoms with van der Waals surface area (Å²) in [5, 5.41) is 12.1. The molecule has 0 bridgehead atoms. The summed E-state index contributed by atoms with van der Waals surface area (Å²) < 4.78 is 9.09. The highest BCUT2D eigenvalue weighted by molar-refractivity contribution is 5.86. The number of aromatic nitrogens is 5. The fourth-order valence-corrected chi connectivity index (χ4v) is 5.35. The topological polar surface area (TPSA) is 105 Å². The van der Waals surface area contributed by atoms with Gasteiger partial charge in [-0.1, -0.05) is 0 Å². The molecule has 202 valence electrons. The number of ether oxygens (including phenoxy) is 1. The number of urea groups is 1. The van der Waals surface area contributed by atoms with Crippen LogP contribution in [-0.2, 0) is 18.3 Å². The molecular weight excluding hydrogens is 494 g/mol. The molecule has 39 heavy (non-hydrogen) atoms. The van der Waals surface area contributed by atoms with E-state index in [1.807, 2.05) is 47.4 Å². The molecule has 0 spiro atoms. The number of fused-ring (bicyclic) bond motifs is 1. The van der Waals surface area contributed by atoms with Crippen LogP contribution in [0.1, 0.15) is 18.4 Å². The number of nitrogens with one attached hydrogen (secondary N) is 1. The van der Waals surface area contributed by atoms with Crippen LogP contribution in [0.4, 0.5) is 10.6 Å². The molecule has 2 amide bonds. The van der Waals surface area contributed by atoms with Gasteiger partial charge in [0.1, 0.15) is 5.82 Å². The monoisotopic (exact) mass is 527 g/mol. The molecule has 6 rings (SSSR count). The number of rotatable bonds is 6. The molecule has 0 unspecified atom stereocenters. The maximum absolute atomic E-state index is 12.7. The number of carbonyl (C=O) groups is 1. The summed E-state index contributed by atoms with van der Waals surface area (Å²) >= 11 is 0. The number of pyridine rings is 2. The Bertz CT molecular complexity index is 1460. The zero-order valence-electron chi connectivity index (χ0n) is 22.2. The van der Waals surface area contributed by atoms with Crippen molar-refractivity contribution in [1.29, 1.82) is 0 Å². The van der Waals surface area contributed by atoms with E-state index in [1.54, 1.807) is 4.68 Å². The zero-order valence-corrected chi connectivity index (χ0v) is 22.2. The van der Waals surface area contributed by atoms with Gasteiger partial charge in [0.25, 0.3) is 0 Å². The fraction of sp³-hybridized carbons (Fsp3) is 0.393. The smallest absolute Gasteiger partial charge is 0.317 e. The van der Waals surface area contributed by atoms with Crippen molar-refractivity contribution >= 4 is 24.1 Å². The zero-order chi connectivity index (χ0) is 26.8. The number of hydrogen-bond acceptors (Lipinski definition) is 7. The summed E-state index contributed by atoms with van der Waals surface area (Å²) in [6.45, 7) is 8.41. The van der Waals surface area contributed by atoms with Gasteiger partial charge in [0.2, 0.25) is 0 Å². The van der Waals surface area contributed by atoms with Gasteiger partial charge >= 0.3 is 6.03 Å². The van der Waals surface area contributed by atoms with Crippen LogP contribution in [0.2, 0.25) is 0 Å². The van der Waals surface area contributed by atoms with Crippen molar-refractivity contribution in [2.24, 2.45) is 12.0 Å². The fourth-order valence-electron chi connectivity index (χ4n) is 5.35. The SMILES string of the molecule is C=NCc1cnn2cc(-c3cnn(C)c3)cc(-c3ccc(N4CCN(C(=O)NC5CCOCC5)CC4)nc3)c12. The van der Waals surface area contributed by atoms with E-state index in [-0.39, 0.29) is 12.1 Å². The van der Waals surface area contributed by atoms with Crippen LogP contribution in [0.3, 0.4) is 0 Å². The lowest BCUT2D eigenvalue weighted by molar-refractivity contribution is 0.0779. The summed E-state index contributed by atoms with van der Waals surface area (Å²) in [5.41, 5.74) is 6.07. The Morgan fingerprint density at radius 1 is 1.05 bits per heavy atom. The van der Waals surface area contributed by atoms with Crippen molar-refractivity contribution in [3.63, 3.8) is 0 Å². The molecule has 0 aromatic carbocycles. The predicted molar refractivity (Wildman–Crippen MR) is 150 cm³/mol. The van der Waals surface area contributed by atoms with Gasteiger partial charge in [-0.15, -0.1) is 0 Å². The van der Waals surface area contributed by atoms with E-state index in [1.165, 1.54) is 0 Å². The van der Waals surface area contributed by atoms with Gasteiger partial charge in [-0.2, -0.15) is 10.2 Å². The third-order valence-electron chi connectivity index (χ3n) is 7.51. The Kier molecular flexibility index (Phi) is 6.97. The molecule has 0 atom stereocenters. The Morgan fingerprint density at radius 2 is 1.87 bits per heavy atom. The second-order valence-corrected chi connectivity index (χ2v) is 10.1. The van der Waals surface area contributed by atoms with Gasteiger partial charge in [0, 0.05) is 98.9 Å². The van der Waals surface area contributed by atoms with Crippen molar-refractivity contribution in [3.05, 3.63) is 54.7 Å². The van der Waals surface area contributed by atoms with E-state index in [9.17, 15) is 4.79 Å². The minimum absolute atomic E-state index is 0.0213. The molecule has 6 heterocycles. The predicted octanol–water partition coefficient (Wildman–Crippen LogP) is 3.01. The molecule has 1 N–H and O–H groups in total. The number of aliphatic imine (C=N–C) groups is 1. The molecule has 2 saturated heterocycles. The number of hydrogen-bond donors (Lipinski definition) is 1. The van der Waals surface area contributed by atoms with Gasteiger partial charge in [-0.05, 0) is 37.8 Å². The van der Waals surface area contributed by atoms with Crippen LogP contribution >= 0.6 is 0 Å². The van der Waals surface area contributed by atoms with Gasteiger partial charge in [-0.25, -0.2) is 14.3 Å². The highest BCUT2D eigenvalue weighted by Gasteiger charge is 2.25. The first-order valence-corrected chi connectivity index (χ1v) is 13.4. The van der Waals surface area contributed by atoms with Gasteiger partial charge in [-0.3, -0.25) is 9.67 Å². The normalized spacial score (nSPS) is 16.5. The summed E-state index contributed by atoms with van der Waals surface area (Å²) in [6.07, 6.45) is 11.4. The van der Waals surface area contributed by atoms with Crippen LogP contribution in [0.15, 0.2) is 54.2 Å². The van der Waals surface area contributed by atoms with Crippen LogP contribution in [0.25, 0.3) is 27.8 Å². The first kappa shape index (κ1) is 25.1. The Morgan fingerprint density at radius 3 is 2.56 bits per heavy atom. The van der Waals surface area contributed by atoms with E-state index in [4.69, 9.17) is 9.72 Å². The Hall–Kier alpha value is -4.25. The minimum atomic E-state index is 0.0213. The quantitative estimate of drug-likeness (QED) is 0.387. The van der Waals surface area contributed by atoms with Gasteiger partial charge in [0.05, 0.1) is 24.5 Å². The highest BCUT2D eigenvalue weighted by atomic mass is 16.5. The van der Waals surface area contributed by atoms with E-state index < -0.39 is 0 Å². The number of amides is 2. The number of nitrogens with zero attached hydrogens (tertiary/aromatic N) is 8. The highest BCUT2D eigenvalue weighted by Crippen LogP contribution is 2.32. The average molecular weight is 528 g/mol. The maximum Gasteiger partial charge on any atom is 0.317 e. The second kappa shape index (κ2) is 10.9. The summed E-state index contributed by atoms with van der Waals surface area (Å²) in [7, 11) is 1.91. The Labute approximate surface area is 227 Å². The van der Waals surface area contributed by atoms with Gasteiger partial charge < -0.3 is 19.9 Å². The summed E-state index contributed by atoms with van der Waals surface area (Å²) in [5.74, 6) is 0.907. The Balaban J connectivity index is 1.20. The number of anilines is 1. The molecule has 0 radical (unpaired) electrons. The molecule has 2 fully saturated rings. The molecule has 2 aliphatic heterocycles. The van der Waals surface area contributed by atoms with Crippen LogP contribution in [-0.4, -0.2) is 87.5 Å². The lowest BCUT2D eigenvalue weighted by Crippen LogP contribution is -2.54. The second-order valence-electron chi connectivity index (χ2n) is 10.1. The van der Waals surface area contributed by atoms with Gasteiger partial charge in [0.15, 0.2) is 0 Å². The van der Waals surface area contributed by atoms with E-state index in [2.05, 4.69) is 50.3 Å². The largest absolute Gasteiger partial charge is 0.381 e. The van der Waals surface area contributed by atoms with E-state index >= 15 is 0 Å². The lowest BCUT2D eigenvalue weighted by atomic mass is 10.0. The van der Waals surface area contributed by atoms with Crippen molar-refractivity contribution in [3.8, 4) is 22.3 Å². The average Bonchev–Trinajstić information content (AvgIpc) is 3.60. The lowest BCUT2D eigenvalue weighted by Gasteiger charge is -2.36. The molecule has 4 aromatic rings. The molecule has 2 aliphatic rings. The van der Waals surface area contributed by atoms with Crippen LogP contribution in [0, 0.1) is 0 Å². The molecular formula is C28H33N9O2. The third kappa shape index (κ3) is 5.22. The van der Waals surface area contributed by atoms with E-state index in [0.717, 1.165) is 65.1 Å². The molecule has 0 saturated carbocycles. The maximum atomic E-state index is 12.7. The van der Waals surface area contributed by atoms with Crippen molar-refractivity contribution in [1.82, 2.24) is 34.6 Å². The number of aryl methyl sites for hydroxylation is 1. The van der Waals surface area contributed by atoms with E-state index in [0.29, 0.717) is 32.8 Å². The standard InChI is InChI=1S/C28H33N9O2/c1-29-14-22-16-32-37-19-21(23-17-31-34(2)18-23)13-25(27(22)37)20-3-4-26(30-15-20)35-7-9-36(10-8-35)28(38)33-24-5-11-39-12-6-24/h3-4,13,15-19,24H,1,5-12,14H2,2H3,(H,33,38). The molecule has 0 aliphatic carbocycles.